The Kier molecular flexibility index (Phi) is 8.85. The highest BCUT2D eigenvalue weighted by Gasteiger charge is 2.30. The first-order valence-corrected chi connectivity index (χ1v) is 15.0. The smallest absolute Gasteiger partial charge is 0.324 e. The summed E-state index contributed by atoms with van der Waals surface area (Å²) in [6.45, 7) is 11.0. The fourth-order valence-corrected chi connectivity index (χ4v) is 5.44. The van der Waals surface area contributed by atoms with Crippen molar-refractivity contribution in [3.05, 3.63) is 102 Å². The van der Waals surface area contributed by atoms with Crippen LogP contribution in [-0.2, 0) is 10.2 Å². The van der Waals surface area contributed by atoms with Gasteiger partial charge in [0.15, 0.2) is 0 Å². The Morgan fingerprint density at radius 1 is 0.864 bits per heavy atom. The van der Waals surface area contributed by atoms with Crippen molar-refractivity contribution in [2.75, 3.05) is 28.6 Å². The molecule has 3 aromatic carbocycles. The summed E-state index contributed by atoms with van der Waals surface area (Å²) < 4.78 is 1.74. The van der Waals surface area contributed by atoms with Gasteiger partial charge in [0.2, 0.25) is 5.91 Å². The molecule has 1 aromatic heterocycles. The maximum absolute atomic E-state index is 13.1. The number of hydrogen-bond donors (Lipinski definition) is 2. The van der Waals surface area contributed by atoms with Gasteiger partial charge in [0.1, 0.15) is 5.82 Å². The standard InChI is InChI=1S/C35H40N6O3/c1-24-11-15-30(16-12-24)41-32(23-31(38-41)35(3,4)5)37-34(44)36-27-13-17-28(18-14-27)40(25(2)42)29-19-21-39(22-20-29)33(43)26-9-7-6-8-10-26/h6-18,23,29H,19-22H2,1-5H3,(H2,36,37,44). The molecule has 4 aromatic rings. The fraction of sp³-hybridized carbons (Fsp3) is 0.314. The van der Waals surface area contributed by atoms with Crippen molar-refractivity contribution in [2.45, 2.75) is 58.9 Å². The number of urea groups is 1. The molecule has 0 radical (unpaired) electrons. The monoisotopic (exact) mass is 592 g/mol. The minimum absolute atomic E-state index is 0.0173. The molecule has 4 amide bonds. The van der Waals surface area contributed by atoms with E-state index in [1.54, 1.807) is 28.6 Å². The highest BCUT2D eigenvalue weighted by molar-refractivity contribution is 6.00. The number of anilines is 3. The first-order valence-electron chi connectivity index (χ1n) is 15.0. The third-order valence-corrected chi connectivity index (χ3v) is 7.88. The zero-order valence-electron chi connectivity index (χ0n) is 26.0. The van der Waals surface area contributed by atoms with E-state index < -0.39 is 6.03 Å². The van der Waals surface area contributed by atoms with Gasteiger partial charge >= 0.3 is 6.03 Å². The zero-order valence-corrected chi connectivity index (χ0v) is 26.0. The van der Waals surface area contributed by atoms with Crippen LogP contribution in [0, 0.1) is 6.92 Å². The number of nitrogens with zero attached hydrogens (tertiary/aromatic N) is 4. The van der Waals surface area contributed by atoms with Crippen LogP contribution in [-0.4, -0.2) is 51.7 Å². The lowest BCUT2D eigenvalue weighted by Crippen LogP contribution is -2.48. The number of aryl methyl sites for hydroxylation is 1. The maximum Gasteiger partial charge on any atom is 0.324 e. The molecular formula is C35H40N6O3. The predicted octanol–water partition coefficient (Wildman–Crippen LogP) is 6.78. The summed E-state index contributed by atoms with van der Waals surface area (Å²) in [7, 11) is 0. The molecule has 9 heteroatoms. The van der Waals surface area contributed by atoms with Gasteiger partial charge in [0, 0.05) is 54.5 Å². The Bertz CT molecular complexity index is 1610. The van der Waals surface area contributed by atoms with E-state index in [-0.39, 0.29) is 23.3 Å². The van der Waals surface area contributed by atoms with Crippen molar-refractivity contribution < 1.29 is 14.4 Å². The number of hydrogen-bond acceptors (Lipinski definition) is 4. The minimum Gasteiger partial charge on any atom is -0.338 e. The summed E-state index contributed by atoms with van der Waals surface area (Å²) in [6, 6.07) is 26.0. The van der Waals surface area contributed by atoms with Gasteiger partial charge in [0.05, 0.1) is 11.4 Å². The summed E-state index contributed by atoms with van der Waals surface area (Å²) in [6.07, 6.45) is 1.37. The molecule has 44 heavy (non-hydrogen) atoms. The summed E-state index contributed by atoms with van der Waals surface area (Å²) in [5, 5.41) is 10.6. The van der Waals surface area contributed by atoms with E-state index in [9.17, 15) is 14.4 Å². The van der Waals surface area contributed by atoms with Crippen molar-refractivity contribution in [1.82, 2.24) is 14.7 Å². The number of amides is 4. The highest BCUT2D eigenvalue weighted by atomic mass is 16.2. The third kappa shape index (κ3) is 6.99. The number of benzene rings is 3. The Hall–Kier alpha value is -4.92. The molecule has 0 spiro atoms. The van der Waals surface area contributed by atoms with E-state index in [0.29, 0.717) is 43.0 Å². The molecule has 5 rings (SSSR count). The normalized spacial score (nSPS) is 13.8. The van der Waals surface area contributed by atoms with Gasteiger partial charge in [-0.05, 0) is 68.3 Å². The predicted molar refractivity (Wildman–Crippen MR) is 175 cm³/mol. The number of likely N-dealkylation sites (tertiary alicyclic amines) is 1. The van der Waals surface area contributed by atoms with Gasteiger partial charge in [0.25, 0.3) is 5.91 Å². The molecule has 1 aliphatic rings. The molecule has 228 valence electrons. The lowest BCUT2D eigenvalue weighted by atomic mass is 9.92. The van der Waals surface area contributed by atoms with Crippen molar-refractivity contribution in [2.24, 2.45) is 0 Å². The van der Waals surface area contributed by atoms with Crippen molar-refractivity contribution in [3.8, 4) is 5.69 Å². The second-order valence-electron chi connectivity index (χ2n) is 12.3. The van der Waals surface area contributed by atoms with Crippen LogP contribution >= 0.6 is 0 Å². The molecule has 9 nitrogen and oxygen atoms in total. The number of piperidine rings is 1. The first-order chi connectivity index (χ1) is 21.0. The Morgan fingerprint density at radius 3 is 2.09 bits per heavy atom. The third-order valence-electron chi connectivity index (χ3n) is 7.88. The van der Waals surface area contributed by atoms with E-state index in [4.69, 9.17) is 5.10 Å². The molecule has 0 bridgehead atoms. The minimum atomic E-state index is -0.398. The molecule has 1 aliphatic heterocycles. The van der Waals surface area contributed by atoms with Crippen molar-refractivity contribution >= 4 is 35.0 Å². The summed E-state index contributed by atoms with van der Waals surface area (Å²) >= 11 is 0. The molecule has 0 atom stereocenters. The molecule has 2 N–H and O–H groups in total. The SMILES string of the molecule is CC(=O)N(c1ccc(NC(=O)Nc2cc(C(C)(C)C)nn2-c2ccc(C)cc2)cc1)C1CCN(C(=O)c2ccccc2)CC1. The van der Waals surface area contributed by atoms with Gasteiger partial charge in [-0.15, -0.1) is 0 Å². The number of carbonyl (C=O) groups excluding carboxylic acids is 3. The lowest BCUT2D eigenvalue weighted by Gasteiger charge is -2.38. The van der Waals surface area contributed by atoms with Crippen LogP contribution in [0.4, 0.5) is 22.0 Å². The van der Waals surface area contributed by atoms with Crippen molar-refractivity contribution in [3.63, 3.8) is 0 Å². The molecule has 1 fully saturated rings. The molecular weight excluding hydrogens is 552 g/mol. The molecule has 2 heterocycles. The van der Waals surface area contributed by atoms with Crippen LogP contribution in [0.25, 0.3) is 5.69 Å². The Balaban J connectivity index is 1.24. The van der Waals surface area contributed by atoms with Crippen LogP contribution < -0.4 is 15.5 Å². The number of carbonyl (C=O) groups is 3. The number of nitrogens with one attached hydrogen (secondary N) is 2. The van der Waals surface area contributed by atoms with E-state index in [0.717, 1.165) is 22.6 Å². The van der Waals surface area contributed by atoms with Gasteiger partial charge < -0.3 is 15.1 Å². The summed E-state index contributed by atoms with van der Waals surface area (Å²) in [5.41, 5.74) is 4.67. The van der Waals surface area contributed by atoms with Crippen LogP contribution in [0.5, 0.6) is 0 Å². The van der Waals surface area contributed by atoms with Crippen LogP contribution in [0.15, 0.2) is 84.9 Å². The second-order valence-corrected chi connectivity index (χ2v) is 12.3. The van der Waals surface area contributed by atoms with Gasteiger partial charge in [-0.3, -0.25) is 14.9 Å². The Morgan fingerprint density at radius 2 is 1.50 bits per heavy atom. The van der Waals surface area contributed by atoms with Gasteiger partial charge in [-0.1, -0.05) is 56.7 Å². The lowest BCUT2D eigenvalue weighted by molar-refractivity contribution is -0.117. The first kappa shape index (κ1) is 30.5. The second kappa shape index (κ2) is 12.8. The average Bonchev–Trinajstić information content (AvgIpc) is 3.43. The van der Waals surface area contributed by atoms with Gasteiger partial charge in [-0.2, -0.15) is 5.10 Å². The summed E-state index contributed by atoms with van der Waals surface area (Å²) in [5.74, 6) is 0.520. The van der Waals surface area contributed by atoms with Crippen LogP contribution in [0.2, 0.25) is 0 Å². The molecule has 1 saturated heterocycles. The van der Waals surface area contributed by atoms with Crippen LogP contribution in [0.3, 0.4) is 0 Å². The van der Waals surface area contributed by atoms with E-state index in [1.807, 2.05) is 84.6 Å². The quantitative estimate of drug-likeness (QED) is 0.258. The number of rotatable bonds is 6. The topological polar surface area (TPSA) is 99.6 Å². The largest absolute Gasteiger partial charge is 0.338 e. The van der Waals surface area contributed by atoms with Crippen molar-refractivity contribution in [1.29, 1.82) is 0 Å². The molecule has 0 saturated carbocycles. The van der Waals surface area contributed by atoms with E-state index >= 15 is 0 Å². The molecule has 0 unspecified atom stereocenters. The average molecular weight is 593 g/mol. The zero-order chi connectivity index (χ0) is 31.4. The maximum atomic E-state index is 13.1. The Labute approximate surface area is 258 Å². The van der Waals surface area contributed by atoms with E-state index in [2.05, 4.69) is 31.4 Å². The van der Waals surface area contributed by atoms with E-state index in [1.165, 1.54) is 0 Å². The molecule has 0 aliphatic carbocycles. The van der Waals surface area contributed by atoms with Gasteiger partial charge in [-0.25, -0.2) is 9.48 Å². The summed E-state index contributed by atoms with van der Waals surface area (Å²) in [4.78, 5) is 42.3. The van der Waals surface area contributed by atoms with Crippen LogP contribution in [0.1, 0.15) is 62.2 Å². The highest BCUT2D eigenvalue weighted by Crippen LogP contribution is 2.28. The fourth-order valence-electron chi connectivity index (χ4n) is 5.44. The number of aromatic nitrogens is 2.